The molecule has 0 bridgehead atoms. The molecule has 0 fully saturated rings. The maximum absolute atomic E-state index is 14.3. The zero-order valence-electron chi connectivity index (χ0n) is 17.4. The monoisotopic (exact) mass is 447 g/mol. The maximum Gasteiger partial charge on any atom is 0.341 e. The number of halogens is 2. The lowest BCUT2D eigenvalue weighted by Crippen LogP contribution is -2.25. The highest BCUT2D eigenvalue weighted by molar-refractivity contribution is 6.31. The number of aromatic nitrogens is 1. The van der Waals surface area contributed by atoms with E-state index in [1.54, 1.807) is 16.7 Å². The molecule has 2 N–H and O–H groups in total. The summed E-state index contributed by atoms with van der Waals surface area (Å²) in [6, 6.07) is 7.01. The molecule has 8 heteroatoms. The fourth-order valence-electron chi connectivity index (χ4n) is 3.69. The molecule has 0 saturated carbocycles. The van der Waals surface area contributed by atoms with E-state index in [2.05, 4.69) is 0 Å². The van der Waals surface area contributed by atoms with Gasteiger partial charge in [0.05, 0.1) is 25.3 Å². The van der Waals surface area contributed by atoms with E-state index in [0.717, 1.165) is 0 Å². The molecule has 0 aliphatic heterocycles. The van der Waals surface area contributed by atoms with Gasteiger partial charge in [0.2, 0.25) is 5.43 Å². The van der Waals surface area contributed by atoms with Crippen LogP contribution in [-0.2, 0) is 6.42 Å². The van der Waals surface area contributed by atoms with Crippen LogP contribution in [-0.4, -0.2) is 34.5 Å². The highest BCUT2D eigenvalue weighted by atomic mass is 35.5. The van der Waals surface area contributed by atoms with Crippen LogP contribution in [0.15, 0.2) is 41.3 Å². The lowest BCUT2D eigenvalue weighted by Gasteiger charge is -2.25. The van der Waals surface area contributed by atoms with Gasteiger partial charge < -0.3 is 19.5 Å². The standard InChI is InChI=1S/C23H23ClFNO5/c1-12(2)20(11-27)26-10-16(23(29)30)22(28)15-8-13(21(31-3)9-19(15)26)7-14-17(24)5-4-6-18(14)25/h4-6,8-10,12,20,27H,7,11H2,1-3H3,(H,29,30)/t20-/m1/s1. The van der Waals surface area contributed by atoms with Gasteiger partial charge in [-0.05, 0) is 29.7 Å². The first-order valence-corrected chi connectivity index (χ1v) is 10.1. The number of carboxylic acids is 1. The van der Waals surface area contributed by atoms with E-state index in [1.165, 1.54) is 31.5 Å². The number of pyridine rings is 1. The number of methoxy groups -OCH3 is 1. The normalized spacial score (nSPS) is 12.4. The van der Waals surface area contributed by atoms with Crippen molar-refractivity contribution in [3.63, 3.8) is 0 Å². The molecule has 1 heterocycles. The lowest BCUT2D eigenvalue weighted by atomic mass is 9.98. The van der Waals surface area contributed by atoms with Crippen LogP contribution in [0.25, 0.3) is 10.9 Å². The second-order valence-electron chi connectivity index (χ2n) is 7.64. The summed E-state index contributed by atoms with van der Waals surface area (Å²) in [7, 11) is 1.45. The van der Waals surface area contributed by atoms with E-state index >= 15 is 0 Å². The SMILES string of the molecule is COc1cc2c(cc1Cc1c(F)cccc1Cl)c(=O)c(C(=O)O)cn2[C@H](CO)C(C)C. The number of carboxylic acid groups (broad SMARTS) is 1. The van der Waals surface area contributed by atoms with E-state index in [4.69, 9.17) is 16.3 Å². The topological polar surface area (TPSA) is 88.8 Å². The highest BCUT2D eigenvalue weighted by Crippen LogP contribution is 2.32. The Balaban J connectivity index is 2.34. The van der Waals surface area contributed by atoms with Crippen LogP contribution in [0.5, 0.6) is 5.75 Å². The number of nitrogens with zero attached hydrogens (tertiary/aromatic N) is 1. The fraction of sp³-hybridized carbons (Fsp3) is 0.304. The number of benzene rings is 2. The number of aliphatic hydroxyl groups is 1. The smallest absolute Gasteiger partial charge is 0.341 e. The van der Waals surface area contributed by atoms with Gasteiger partial charge in [0, 0.05) is 34.7 Å². The largest absolute Gasteiger partial charge is 0.496 e. The van der Waals surface area contributed by atoms with Crippen LogP contribution in [0.2, 0.25) is 5.02 Å². The Morgan fingerprint density at radius 1 is 1.29 bits per heavy atom. The second-order valence-corrected chi connectivity index (χ2v) is 8.04. The van der Waals surface area contributed by atoms with Crippen LogP contribution >= 0.6 is 11.6 Å². The minimum absolute atomic E-state index is 0.0414. The molecule has 1 atom stereocenters. The highest BCUT2D eigenvalue weighted by Gasteiger charge is 2.23. The molecule has 0 aliphatic rings. The van der Waals surface area contributed by atoms with Gasteiger partial charge in [0.25, 0.3) is 0 Å². The van der Waals surface area contributed by atoms with Gasteiger partial charge in [-0.3, -0.25) is 4.79 Å². The molecule has 1 aromatic heterocycles. The van der Waals surface area contributed by atoms with Gasteiger partial charge in [-0.15, -0.1) is 0 Å². The summed E-state index contributed by atoms with van der Waals surface area (Å²) in [4.78, 5) is 24.7. The van der Waals surface area contributed by atoms with Crippen LogP contribution in [0.3, 0.4) is 0 Å². The van der Waals surface area contributed by atoms with E-state index in [1.807, 2.05) is 13.8 Å². The minimum Gasteiger partial charge on any atom is -0.496 e. The number of aromatic carboxylic acids is 1. The molecular weight excluding hydrogens is 425 g/mol. The van der Waals surface area contributed by atoms with Crippen molar-refractivity contribution in [3.05, 3.63) is 74.3 Å². The Labute approximate surface area is 183 Å². The second kappa shape index (κ2) is 9.08. The van der Waals surface area contributed by atoms with E-state index in [0.29, 0.717) is 16.8 Å². The first-order valence-electron chi connectivity index (χ1n) is 9.72. The molecule has 6 nitrogen and oxygen atoms in total. The molecule has 0 saturated heterocycles. The molecule has 164 valence electrons. The van der Waals surface area contributed by atoms with Crippen LogP contribution in [0.4, 0.5) is 4.39 Å². The molecule has 0 unspecified atom stereocenters. The lowest BCUT2D eigenvalue weighted by molar-refractivity contribution is 0.0694. The molecule has 0 spiro atoms. The van der Waals surface area contributed by atoms with Gasteiger partial charge in [0.15, 0.2) is 0 Å². The van der Waals surface area contributed by atoms with Gasteiger partial charge in [0.1, 0.15) is 17.1 Å². The summed E-state index contributed by atoms with van der Waals surface area (Å²) < 4.78 is 21.4. The number of carbonyl (C=O) groups is 1. The van der Waals surface area contributed by atoms with Crippen molar-refractivity contribution in [2.75, 3.05) is 13.7 Å². The number of hydrogen-bond donors (Lipinski definition) is 2. The Bertz CT molecular complexity index is 1180. The molecule has 3 rings (SSSR count). The zero-order chi connectivity index (χ0) is 22.9. The van der Waals surface area contributed by atoms with Crippen molar-refractivity contribution in [2.24, 2.45) is 5.92 Å². The Kier molecular flexibility index (Phi) is 6.67. The van der Waals surface area contributed by atoms with Crippen molar-refractivity contribution in [1.82, 2.24) is 4.57 Å². The predicted molar refractivity (Wildman–Crippen MR) is 117 cm³/mol. The van der Waals surface area contributed by atoms with Crippen LogP contribution in [0, 0.1) is 11.7 Å². The van der Waals surface area contributed by atoms with Crippen LogP contribution in [0.1, 0.15) is 41.4 Å². The van der Waals surface area contributed by atoms with E-state index < -0.39 is 28.8 Å². The number of ether oxygens (including phenoxy) is 1. The average Bonchev–Trinajstić information content (AvgIpc) is 2.72. The van der Waals surface area contributed by atoms with Gasteiger partial charge in [-0.2, -0.15) is 0 Å². The molecule has 31 heavy (non-hydrogen) atoms. The summed E-state index contributed by atoms with van der Waals surface area (Å²) in [5, 5.41) is 19.8. The molecule has 0 aliphatic carbocycles. The molecule has 0 radical (unpaired) electrons. The first-order chi connectivity index (χ1) is 14.7. The summed E-state index contributed by atoms with van der Waals surface area (Å²) in [6.07, 6.45) is 1.30. The van der Waals surface area contributed by atoms with Gasteiger partial charge in [-0.25, -0.2) is 9.18 Å². The first kappa shape index (κ1) is 22.8. The Morgan fingerprint density at radius 2 is 2.00 bits per heavy atom. The number of fused-ring (bicyclic) bond motifs is 1. The number of aliphatic hydroxyl groups excluding tert-OH is 1. The van der Waals surface area contributed by atoms with Crippen LogP contribution < -0.4 is 10.2 Å². The third kappa shape index (κ3) is 4.29. The quantitative estimate of drug-likeness (QED) is 0.564. The third-order valence-corrected chi connectivity index (χ3v) is 5.76. The summed E-state index contributed by atoms with van der Waals surface area (Å²) in [6.45, 7) is 3.53. The Hall–Kier alpha value is -2.90. The van der Waals surface area contributed by atoms with Gasteiger partial charge >= 0.3 is 5.97 Å². The minimum atomic E-state index is -1.37. The molecule has 0 amide bonds. The molecule has 3 aromatic rings. The van der Waals surface area contributed by atoms with Crippen molar-refractivity contribution >= 4 is 28.5 Å². The third-order valence-electron chi connectivity index (χ3n) is 5.41. The van der Waals surface area contributed by atoms with Crippen molar-refractivity contribution in [1.29, 1.82) is 0 Å². The average molecular weight is 448 g/mol. The van der Waals surface area contributed by atoms with E-state index in [-0.39, 0.29) is 34.9 Å². The van der Waals surface area contributed by atoms with Gasteiger partial charge in [-0.1, -0.05) is 31.5 Å². The Morgan fingerprint density at radius 3 is 2.55 bits per heavy atom. The fourth-order valence-corrected chi connectivity index (χ4v) is 3.92. The number of hydrogen-bond acceptors (Lipinski definition) is 4. The predicted octanol–water partition coefficient (Wildman–Crippen LogP) is 4.28. The van der Waals surface area contributed by atoms with Crippen molar-refractivity contribution in [3.8, 4) is 5.75 Å². The summed E-state index contributed by atoms with van der Waals surface area (Å²) >= 11 is 6.16. The zero-order valence-corrected chi connectivity index (χ0v) is 18.1. The van der Waals surface area contributed by atoms with Crippen molar-refractivity contribution in [2.45, 2.75) is 26.3 Å². The number of rotatable bonds is 7. The maximum atomic E-state index is 14.3. The summed E-state index contributed by atoms with van der Waals surface area (Å²) in [5.74, 6) is -1.51. The van der Waals surface area contributed by atoms with Crippen molar-refractivity contribution < 1.29 is 24.1 Å². The van der Waals surface area contributed by atoms with E-state index in [9.17, 15) is 24.2 Å². The molecular formula is C23H23ClFNO5. The molecule has 2 aromatic carbocycles. The summed E-state index contributed by atoms with van der Waals surface area (Å²) in [5.41, 5.74) is 0.0718.